The summed E-state index contributed by atoms with van der Waals surface area (Å²) in [5.41, 5.74) is 1.22. The van der Waals surface area contributed by atoms with Crippen molar-refractivity contribution in [2.45, 2.75) is 25.8 Å². The normalized spacial score (nSPS) is 10.5. The highest BCUT2D eigenvalue weighted by Crippen LogP contribution is 2.30. The highest BCUT2D eigenvalue weighted by atomic mass is 32.2. The van der Waals surface area contributed by atoms with E-state index < -0.39 is 0 Å². The Kier molecular flexibility index (Phi) is 3.55. The quantitative estimate of drug-likeness (QED) is 0.680. The Bertz CT molecular complexity index is 305. The van der Waals surface area contributed by atoms with Crippen molar-refractivity contribution in [3.8, 4) is 0 Å². The molecule has 0 fully saturated rings. The fraction of sp³-hybridized carbons (Fsp3) is 0.364. The van der Waals surface area contributed by atoms with Crippen molar-refractivity contribution in [2.75, 3.05) is 0 Å². The highest BCUT2D eigenvalue weighted by Gasteiger charge is 2.05. The van der Waals surface area contributed by atoms with E-state index in [1.807, 2.05) is 12.3 Å². The van der Waals surface area contributed by atoms with E-state index in [0.29, 0.717) is 5.92 Å². The molecule has 70 valence electrons. The van der Waals surface area contributed by atoms with Crippen molar-refractivity contribution in [3.63, 3.8) is 0 Å². The minimum atomic E-state index is 0.506. The first-order valence-electron chi connectivity index (χ1n) is 4.39. The lowest BCUT2D eigenvalue weighted by Crippen LogP contribution is -1.90. The summed E-state index contributed by atoms with van der Waals surface area (Å²) in [6.07, 6.45) is 1.82. The van der Waals surface area contributed by atoms with Gasteiger partial charge in [-0.3, -0.25) is 0 Å². The summed E-state index contributed by atoms with van der Waals surface area (Å²) in [7, 11) is 0. The molecule has 1 heterocycles. The summed E-state index contributed by atoms with van der Waals surface area (Å²) in [5.74, 6) is 0.506. The first-order valence-corrected chi connectivity index (χ1v) is 5.21. The molecular formula is C11H15NS. The average molecular weight is 193 g/mol. The predicted molar refractivity (Wildman–Crippen MR) is 58.8 cm³/mol. The van der Waals surface area contributed by atoms with Gasteiger partial charge in [-0.05, 0) is 29.4 Å². The van der Waals surface area contributed by atoms with Crippen molar-refractivity contribution in [2.24, 2.45) is 5.92 Å². The largest absolute Gasteiger partial charge is 0.249 e. The minimum absolute atomic E-state index is 0.506. The SMILES string of the molecule is C=C(Sc1ncccc1C)C(C)C. The lowest BCUT2D eigenvalue weighted by Gasteiger charge is -2.09. The molecule has 0 saturated heterocycles. The van der Waals surface area contributed by atoms with E-state index in [1.165, 1.54) is 10.5 Å². The smallest absolute Gasteiger partial charge is 0.103 e. The zero-order valence-corrected chi connectivity index (χ0v) is 9.19. The lowest BCUT2D eigenvalue weighted by atomic mass is 10.2. The van der Waals surface area contributed by atoms with Crippen LogP contribution in [0.25, 0.3) is 0 Å². The van der Waals surface area contributed by atoms with Gasteiger partial charge in [-0.15, -0.1) is 0 Å². The maximum Gasteiger partial charge on any atom is 0.103 e. The molecule has 2 heteroatoms. The van der Waals surface area contributed by atoms with Gasteiger partial charge in [0.2, 0.25) is 0 Å². The zero-order chi connectivity index (χ0) is 9.84. The summed E-state index contributed by atoms with van der Waals surface area (Å²) in [4.78, 5) is 5.47. The number of allylic oxidation sites excluding steroid dienone is 1. The molecule has 0 bridgehead atoms. The fourth-order valence-electron chi connectivity index (χ4n) is 0.820. The molecule has 0 atom stereocenters. The summed E-state index contributed by atoms with van der Waals surface area (Å²) in [6.45, 7) is 10.4. The molecule has 0 amide bonds. The van der Waals surface area contributed by atoms with Gasteiger partial charge < -0.3 is 0 Å². The molecule has 0 spiro atoms. The maximum absolute atomic E-state index is 4.30. The van der Waals surface area contributed by atoms with Gasteiger partial charge in [-0.2, -0.15) is 0 Å². The van der Waals surface area contributed by atoms with Gasteiger partial charge in [-0.1, -0.05) is 38.3 Å². The Morgan fingerprint density at radius 3 is 2.77 bits per heavy atom. The minimum Gasteiger partial charge on any atom is -0.249 e. The molecule has 0 aliphatic heterocycles. The van der Waals surface area contributed by atoms with Gasteiger partial charge in [0.15, 0.2) is 0 Å². The van der Waals surface area contributed by atoms with E-state index >= 15 is 0 Å². The van der Waals surface area contributed by atoms with Crippen molar-refractivity contribution >= 4 is 11.8 Å². The van der Waals surface area contributed by atoms with Crippen LogP contribution in [0.3, 0.4) is 0 Å². The van der Waals surface area contributed by atoms with Crippen molar-refractivity contribution in [1.29, 1.82) is 0 Å². The Hall–Kier alpha value is -0.760. The van der Waals surface area contributed by atoms with E-state index in [1.54, 1.807) is 11.8 Å². The van der Waals surface area contributed by atoms with Gasteiger partial charge in [0.25, 0.3) is 0 Å². The van der Waals surface area contributed by atoms with Gasteiger partial charge in [-0.25, -0.2) is 4.98 Å². The summed E-state index contributed by atoms with van der Waals surface area (Å²) < 4.78 is 0. The van der Waals surface area contributed by atoms with Crippen LogP contribution < -0.4 is 0 Å². The highest BCUT2D eigenvalue weighted by molar-refractivity contribution is 8.03. The van der Waals surface area contributed by atoms with Crippen LogP contribution in [-0.4, -0.2) is 4.98 Å². The van der Waals surface area contributed by atoms with Gasteiger partial charge in [0, 0.05) is 6.20 Å². The third-order valence-corrected chi connectivity index (χ3v) is 3.19. The van der Waals surface area contributed by atoms with Crippen molar-refractivity contribution < 1.29 is 0 Å². The van der Waals surface area contributed by atoms with Gasteiger partial charge in [0.05, 0.1) is 0 Å². The lowest BCUT2D eigenvalue weighted by molar-refractivity contribution is 0.818. The number of aryl methyl sites for hydroxylation is 1. The Morgan fingerprint density at radius 1 is 1.54 bits per heavy atom. The van der Waals surface area contributed by atoms with Crippen LogP contribution in [0, 0.1) is 12.8 Å². The van der Waals surface area contributed by atoms with Crippen LogP contribution in [-0.2, 0) is 0 Å². The molecule has 1 nitrogen and oxygen atoms in total. The molecule has 0 aromatic carbocycles. The number of thioether (sulfide) groups is 1. The molecule has 0 saturated carbocycles. The van der Waals surface area contributed by atoms with Gasteiger partial charge in [0.1, 0.15) is 5.03 Å². The van der Waals surface area contributed by atoms with Crippen molar-refractivity contribution in [1.82, 2.24) is 4.98 Å². The van der Waals surface area contributed by atoms with Crippen LogP contribution in [0.5, 0.6) is 0 Å². The molecule has 13 heavy (non-hydrogen) atoms. The Morgan fingerprint density at radius 2 is 2.23 bits per heavy atom. The van der Waals surface area contributed by atoms with E-state index in [0.717, 1.165) is 5.03 Å². The topological polar surface area (TPSA) is 12.9 Å². The summed E-state index contributed by atoms with van der Waals surface area (Å²) in [6, 6.07) is 4.03. The summed E-state index contributed by atoms with van der Waals surface area (Å²) in [5, 5.41) is 1.07. The first kappa shape index (κ1) is 10.3. The number of hydrogen-bond donors (Lipinski definition) is 0. The van der Waals surface area contributed by atoms with Crippen LogP contribution in [0.15, 0.2) is 34.8 Å². The molecule has 1 aromatic heterocycles. The Labute approximate surface area is 84.3 Å². The molecule has 1 aromatic rings. The molecule has 0 unspecified atom stereocenters. The van der Waals surface area contributed by atoms with Crippen LogP contribution in [0.2, 0.25) is 0 Å². The van der Waals surface area contributed by atoms with E-state index in [4.69, 9.17) is 0 Å². The molecule has 0 aliphatic carbocycles. The number of pyridine rings is 1. The molecule has 0 radical (unpaired) electrons. The standard InChI is InChI=1S/C11H15NS/c1-8(2)10(4)13-11-9(3)6-5-7-12-11/h5-8H,4H2,1-3H3. The van der Waals surface area contributed by atoms with E-state index in [9.17, 15) is 0 Å². The molecule has 0 aliphatic rings. The summed E-state index contributed by atoms with van der Waals surface area (Å²) >= 11 is 1.67. The molecule has 0 N–H and O–H groups in total. The second-order valence-corrected chi connectivity index (χ2v) is 4.46. The van der Waals surface area contributed by atoms with Crippen LogP contribution in [0.1, 0.15) is 19.4 Å². The number of aromatic nitrogens is 1. The third kappa shape index (κ3) is 2.88. The monoisotopic (exact) mass is 193 g/mol. The molecule has 1 rings (SSSR count). The average Bonchev–Trinajstić information content (AvgIpc) is 2.08. The maximum atomic E-state index is 4.30. The number of hydrogen-bond acceptors (Lipinski definition) is 2. The molecular weight excluding hydrogens is 178 g/mol. The fourth-order valence-corrected chi connectivity index (χ4v) is 1.65. The van der Waals surface area contributed by atoms with Gasteiger partial charge >= 0.3 is 0 Å². The first-order chi connectivity index (χ1) is 6.11. The Balaban J connectivity index is 2.75. The zero-order valence-electron chi connectivity index (χ0n) is 8.37. The second kappa shape index (κ2) is 4.47. The van der Waals surface area contributed by atoms with E-state index in [-0.39, 0.29) is 0 Å². The third-order valence-electron chi connectivity index (χ3n) is 1.83. The van der Waals surface area contributed by atoms with Crippen molar-refractivity contribution in [3.05, 3.63) is 35.4 Å². The number of nitrogens with zero attached hydrogens (tertiary/aromatic N) is 1. The number of rotatable bonds is 3. The van der Waals surface area contributed by atoms with E-state index in [2.05, 4.69) is 38.4 Å². The van der Waals surface area contributed by atoms with Crippen LogP contribution >= 0.6 is 11.8 Å². The second-order valence-electron chi connectivity index (χ2n) is 3.35. The van der Waals surface area contributed by atoms with Crippen LogP contribution in [0.4, 0.5) is 0 Å². The predicted octanol–water partition coefficient (Wildman–Crippen LogP) is 3.65.